The Kier molecular flexibility index (Phi) is 24.5. The second-order valence-electron chi connectivity index (χ2n) is 0.402. The molecule has 2 amide bonds. The van der Waals surface area contributed by atoms with Crippen LogP contribution in [0.15, 0.2) is 0 Å². The summed E-state index contributed by atoms with van der Waals surface area (Å²) in [7, 11) is 0. The second-order valence-corrected chi connectivity index (χ2v) is 0.402. The number of hydrogen-bond donors (Lipinski definition) is 2. The van der Waals surface area contributed by atoms with Gasteiger partial charge in [-0.15, -0.1) is 12.4 Å². The van der Waals surface area contributed by atoms with E-state index in [4.69, 9.17) is 4.79 Å². The number of hydrogen-bond acceptors (Lipinski definition) is 1. The first-order valence-corrected chi connectivity index (χ1v) is 0.781. The van der Waals surface area contributed by atoms with Crippen molar-refractivity contribution in [2.45, 2.75) is 0 Å². The Bertz CT molecular complexity index is 36.5. The fourth-order valence-corrected chi connectivity index (χ4v) is 0. The van der Waals surface area contributed by atoms with E-state index >= 15 is 0 Å². The van der Waals surface area contributed by atoms with Crippen LogP contribution in [0.2, 0.25) is 0 Å². The van der Waals surface area contributed by atoms with Gasteiger partial charge < -0.3 is 11.5 Å². The van der Waals surface area contributed by atoms with E-state index in [-0.39, 0.29) is 54.2 Å². The maximum absolute atomic E-state index is 9.00. The molecule has 0 saturated heterocycles. The smallest absolute Gasteiger partial charge is 0.309 e. The van der Waals surface area contributed by atoms with Crippen LogP contribution in [0.5, 0.6) is 0 Å². The molecule has 0 heterocycles. The number of rotatable bonds is 0. The molecule has 0 bridgehead atoms. The first kappa shape index (κ1) is 15.8. The zero-order valence-electron chi connectivity index (χ0n) is 2.97. The Labute approximate surface area is 75.6 Å². The summed E-state index contributed by atoms with van der Waals surface area (Å²) >= 11 is 0. The van der Waals surface area contributed by atoms with E-state index < -0.39 is 6.03 Å². The van der Waals surface area contributed by atoms with E-state index in [9.17, 15) is 0 Å². The predicted octanol–water partition coefficient (Wildman–Crippen LogP) is -0.554. The van der Waals surface area contributed by atoms with E-state index in [2.05, 4.69) is 11.5 Å². The largest absolute Gasteiger partial charge is 0.352 e. The van der Waals surface area contributed by atoms with Crippen molar-refractivity contribution in [3.8, 4) is 0 Å². The molecule has 0 aromatic heterocycles. The molecule has 0 aliphatic heterocycles. The van der Waals surface area contributed by atoms with E-state index in [1.165, 1.54) is 0 Å². The minimum Gasteiger partial charge on any atom is -0.352 e. The van der Waals surface area contributed by atoms with Crippen LogP contribution in [0.25, 0.3) is 0 Å². The summed E-state index contributed by atoms with van der Waals surface area (Å²) < 4.78 is 0. The van der Waals surface area contributed by atoms with Crippen LogP contribution in [0.4, 0.5) is 4.79 Å². The Hall–Kier alpha value is 0.937. The Morgan fingerprint density at radius 2 is 1.33 bits per heavy atom. The topological polar surface area (TPSA) is 69.1 Å². The molecule has 0 aliphatic rings. The van der Waals surface area contributed by atoms with Gasteiger partial charge in [-0.1, -0.05) is 0 Å². The molecule has 0 rings (SSSR count). The summed E-state index contributed by atoms with van der Waals surface area (Å²) in [4.78, 5) is 9.00. The van der Waals surface area contributed by atoms with Gasteiger partial charge in [0.25, 0.3) is 0 Å². The van der Waals surface area contributed by atoms with Crippen LogP contribution < -0.4 is 11.5 Å². The standard InChI is InChI=1S/CH4N2O.Ce.ClH/c2-1(3)4;;/h(H4,2,3,4);;1H. The van der Waals surface area contributed by atoms with Crippen LogP contribution in [0.3, 0.4) is 0 Å². The van der Waals surface area contributed by atoms with Gasteiger partial charge in [0.2, 0.25) is 0 Å². The molecule has 3 nitrogen and oxygen atoms in total. The molecule has 5 heteroatoms. The molecule has 0 aromatic carbocycles. The van der Waals surface area contributed by atoms with Crippen LogP contribution >= 0.6 is 12.4 Å². The summed E-state index contributed by atoms with van der Waals surface area (Å²) in [5, 5.41) is 0. The molecule has 36 valence electrons. The summed E-state index contributed by atoms with van der Waals surface area (Å²) in [5.74, 6) is 0. The number of primary amides is 2. The van der Waals surface area contributed by atoms with E-state index in [1.807, 2.05) is 0 Å². The molecule has 6 heavy (non-hydrogen) atoms. The van der Waals surface area contributed by atoms with Gasteiger partial charge in [-0.05, 0) is 0 Å². The van der Waals surface area contributed by atoms with Crippen molar-refractivity contribution in [1.82, 2.24) is 0 Å². The zero-order chi connectivity index (χ0) is 3.58. The fourth-order valence-electron chi connectivity index (χ4n) is 0. The van der Waals surface area contributed by atoms with Crippen molar-refractivity contribution in [3.05, 3.63) is 0 Å². The summed E-state index contributed by atoms with van der Waals surface area (Å²) in [5.41, 5.74) is 8.50. The molecule has 0 unspecified atom stereocenters. The van der Waals surface area contributed by atoms with Crippen molar-refractivity contribution >= 4 is 18.4 Å². The molecule has 0 aromatic rings. The van der Waals surface area contributed by atoms with Crippen LogP contribution in [0.1, 0.15) is 0 Å². The van der Waals surface area contributed by atoms with Crippen molar-refractivity contribution in [1.29, 1.82) is 0 Å². The molecular formula is CH5CeClN2O. The summed E-state index contributed by atoms with van der Waals surface area (Å²) in [6, 6.07) is -0.833. The molecule has 0 aliphatic carbocycles. The summed E-state index contributed by atoms with van der Waals surface area (Å²) in [6.07, 6.45) is 0. The molecule has 0 fully saturated rings. The maximum atomic E-state index is 9.00. The minimum atomic E-state index is -0.833. The maximum Gasteiger partial charge on any atom is 0.309 e. The van der Waals surface area contributed by atoms with E-state index in [0.717, 1.165) is 0 Å². The molecule has 0 spiro atoms. The first-order valence-electron chi connectivity index (χ1n) is 0.781. The third-order valence-corrected chi connectivity index (χ3v) is 0. The van der Waals surface area contributed by atoms with Gasteiger partial charge in [-0.2, -0.15) is 0 Å². The van der Waals surface area contributed by atoms with E-state index in [0.29, 0.717) is 0 Å². The zero-order valence-corrected chi connectivity index (χ0v) is 6.93. The van der Waals surface area contributed by atoms with Crippen molar-refractivity contribution in [2.75, 3.05) is 0 Å². The van der Waals surface area contributed by atoms with Crippen LogP contribution in [0, 0.1) is 41.7 Å². The first-order chi connectivity index (χ1) is 1.73. The molecule has 0 radical (unpaired) electrons. The number of carbonyl (C=O) groups is 1. The van der Waals surface area contributed by atoms with Crippen LogP contribution in [-0.4, -0.2) is 6.03 Å². The second kappa shape index (κ2) is 9.34. The Balaban J connectivity index is -0.0000000450. The van der Waals surface area contributed by atoms with Gasteiger partial charge in [0, 0.05) is 41.7 Å². The molecular weight excluding hydrogens is 232 g/mol. The average molecular weight is 237 g/mol. The van der Waals surface area contributed by atoms with Gasteiger partial charge >= 0.3 is 6.03 Å². The SMILES string of the molecule is Cl.NC(N)=O.[Ce]. The fraction of sp³-hybridized carbons (Fsp3) is 0. The van der Waals surface area contributed by atoms with Crippen LogP contribution in [-0.2, 0) is 0 Å². The molecule has 0 atom stereocenters. The van der Waals surface area contributed by atoms with Crippen molar-refractivity contribution in [2.24, 2.45) is 11.5 Å². The minimum absolute atomic E-state index is 0. The van der Waals surface area contributed by atoms with E-state index in [1.54, 1.807) is 0 Å². The quantitative estimate of drug-likeness (QED) is 0.582. The number of halogens is 1. The predicted molar refractivity (Wildman–Crippen MR) is 21.0 cm³/mol. The van der Waals surface area contributed by atoms with Gasteiger partial charge in [0.1, 0.15) is 0 Å². The third-order valence-electron chi connectivity index (χ3n) is 0. The number of amides is 2. The average Bonchev–Trinajstić information content (AvgIpc) is 0.811. The Morgan fingerprint density at radius 3 is 1.33 bits per heavy atom. The number of carbonyl (C=O) groups excluding carboxylic acids is 1. The molecule has 0 saturated carbocycles. The monoisotopic (exact) mass is 236 g/mol. The summed E-state index contributed by atoms with van der Waals surface area (Å²) in [6.45, 7) is 0. The van der Waals surface area contributed by atoms with Crippen molar-refractivity contribution in [3.63, 3.8) is 0 Å². The normalized spacial score (nSPS) is 4.00. The van der Waals surface area contributed by atoms with Gasteiger partial charge in [0.15, 0.2) is 0 Å². The molecule has 4 N–H and O–H groups in total. The van der Waals surface area contributed by atoms with Gasteiger partial charge in [0.05, 0.1) is 0 Å². The van der Waals surface area contributed by atoms with Gasteiger partial charge in [-0.25, -0.2) is 4.79 Å². The van der Waals surface area contributed by atoms with Crippen molar-refractivity contribution < 1.29 is 46.5 Å². The number of nitrogens with two attached hydrogens (primary N) is 2. The number of urea groups is 1. The third kappa shape index (κ3) is 87.2. The van der Waals surface area contributed by atoms with Gasteiger partial charge in [-0.3, -0.25) is 0 Å². The Morgan fingerprint density at radius 1 is 1.33 bits per heavy atom.